The summed E-state index contributed by atoms with van der Waals surface area (Å²) in [5, 5.41) is 12.1. The highest BCUT2D eigenvalue weighted by molar-refractivity contribution is 5.86. The summed E-state index contributed by atoms with van der Waals surface area (Å²) in [5.41, 5.74) is 0.431. The summed E-state index contributed by atoms with van der Waals surface area (Å²) in [6, 6.07) is 6.09. The molecule has 0 aromatic heterocycles. The van der Waals surface area contributed by atoms with Gasteiger partial charge in [0.05, 0.1) is 18.9 Å². The average Bonchev–Trinajstić information content (AvgIpc) is 3.31. The molecule has 1 saturated carbocycles. The molecule has 1 atom stereocenters. The van der Waals surface area contributed by atoms with E-state index in [2.05, 4.69) is 5.32 Å². The van der Waals surface area contributed by atoms with Crippen molar-refractivity contribution in [2.45, 2.75) is 24.9 Å². The van der Waals surface area contributed by atoms with Gasteiger partial charge in [-0.25, -0.2) is 4.39 Å². The van der Waals surface area contributed by atoms with E-state index < -0.39 is 11.9 Å². The van der Waals surface area contributed by atoms with Crippen LogP contribution < -0.4 is 10.2 Å². The number of morpholine rings is 1. The Labute approximate surface area is 122 Å². The minimum Gasteiger partial charge on any atom is -0.377 e. The Morgan fingerprint density at radius 2 is 2.29 bits per heavy atom. The summed E-state index contributed by atoms with van der Waals surface area (Å²) in [7, 11) is 0. The quantitative estimate of drug-likeness (QED) is 0.907. The van der Waals surface area contributed by atoms with E-state index in [0.29, 0.717) is 18.8 Å². The maximum atomic E-state index is 13.8. The van der Waals surface area contributed by atoms with E-state index in [-0.39, 0.29) is 24.1 Å². The zero-order chi connectivity index (χ0) is 14.8. The van der Waals surface area contributed by atoms with Crippen molar-refractivity contribution in [3.8, 4) is 6.07 Å². The first-order valence-electron chi connectivity index (χ1n) is 7.04. The van der Waals surface area contributed by atoms with Crippen molar-refractivity contribution in [1.29, 1.82) is 5.26 Å². The van der Waals surface area contributed by atoms with Crippen LogP contribution in [0, 0.1) is 17.1 Å². The molecule has 1 saturated heterocycles. The van der Waals surface area contributed by atoms with E-state index in [9.17, 15) is 9.18 Å². The normalized spacial score (nSPS) is 21.7. The van der Waals surface area contributed by atoms with Gasteiger partial charge in [0.25, 0.3) is 0 Å². The third kappa shape index (κ3) is 2.83. The smallest absolute Gasteiger partial charge is 0.245 e. The zero-order valence-electron chi connectivity index (χ0n) is 11.5. The number of hydrogen-bond donors (Lipinski definition) is 1. The van der Waals surface area contributed by atoms with Crippen molar-refractivity contribution in [3.63, 3.8) is 0 Å². The molecule has 1 heterocycles. The molecular formula is C15H16FN3O2. The van der Waals surface area contributed by atoms with Gasteiger partial charge >= 0.3 is 0 Å². The molecular weight excluding hydrogens is 273 g/mol. The van der Waals surface area contributed by atoms with Gasteiger partial charge in [0, 0.05) is 12.6 Å². The van der Waals surface area contributed by atoms with E-state index in [0.717, 1.165) is 12.8 Å². The highest BCUT2D eigenvalue weighted by Gasteiger charge is 2.34. The Balaban J connectivity index is 1.88. The van der Waals surface area contributed by atoms with E-state index in [4.69, 9.17) is 10.00 Å². The molecule has 0 bridgehead atoms. The van der Waals surface area contributed by atoms with Crippen LogP contribution in [0.4, 0.5) is 10.1 Å². The average molecular weight is 289 g/mol. The van der Waals surface area contributed by atoms with Crippen molar-refractivity contribution in [2.24, 2.45) is 0 Å². The molecule has 2 fully saturated rings. The minimum atomic E-state index is -0.567. The second kappa shape index (κ2) is 5.70. The summed E-state index contributed by atoms with van der Waals surface area (Å²) in [6.45, 7) is 1.16. The number of ether oxygens (including phenoxy) is 1. The number of amides is 1. The van der Waals surface area contributed by atoms with Crippen LogP contribution in [0.5, 0.6) is 0 Å². The Hall–Kier alpha value is -2.13. The molecule has 1 amide bonds. The predicted molar refractivity (Wildman–Crippen MR) is 74.2 cm³/mol. The van der Waals surface area contributed by atoms with Gasteiger partial charge in [0.2, 0.25) is 5.91 Å². The lowest BCUT2D eigenvalue weighted by Crippen LogP contribution is -2.54. The second-order valence-corrected chi connectivity index (χ2v) is 5.31. The zero-order valence-corrected chi connectivity index (χ0v) is 11.5. The summed E-state index contributed by atoms with van der Waals surface area (Å²) < 4.78 is 19.2. The predicted octanol–water partition coefficient (Wildman–Crippen LogP) is 1.18. The monoisotopic (exact) mass is 289 g/mol. The SMILES string of the molecule is N#Cc1c(F)cccc1N1CCOCC1C(=O)NC1CC1. The summed E-state index contributed by atoms with van der Waals surface area (Å²) >= 11 is 0. The van der Waals surface area contributed by atoms with Crippen molar-refractivity contribution in [2.75, 3.05) is 24.7 Å². The molecule has 110 valence electrons. The molecule has 6 heteroatoms. The standard InChI is InChI=1S/C15H16FN3O2/c16-12-2-1-3-13(11(12)8-17)19-6-7-21-9-14(19)15(20)18-10-4-5-10/h1-3,10,14H,4-7,9H2,(H,18,20). The molecule has 1 unspecified atom stereocenters. The van der Waals surface area contributed by atoms with E-state index in [1.807, 2.05) is 6.07 Å². The Bertz CT molecular complexity index is 595. The number of halogens is 1. The van der Waals surface area contributed by atoms with Crippen LogP contribution in [0.3, 0.4) is 0 Å². The number of carbonyl (C=O) groups excluding carboxylic acids is 1. The number of nitrogens with zero attached hydrogens (tertiary/aromatic N) is 2. The van der Waals surface area contributed by atoms with E-state index in [1.54, 1.807) is 17.0 Å². The first-order valence-corrected chi connectivity index (χ1v) is 7.04. The largest absolute Gasteiger partial charge is 0.377 e. The molecule has 3 rings (SSSR count). The number of rotatable bonds is 3. The number of hydrogen-bond acceptors (Lipinski definition) is 4. The number of anilines is 1. The fourth-order valence-electron chi connectivity index (χ4n) is 2.50. The molecule has 2 aliphatic rings. The molecule has 1 aliphatic carbocycles. The van der Waals surface area contributed by atoms with Crippen LogP contribution in [-0.2, 0) is 9.53 Å². The molecule has 0 radical (unpaired) electrons. The lowest BCUT2D eigenvalue weighted by molar-refractivity contribution is -0.124. The van der Waals surface area contributed by atoms with Gasteiger partial charge in [-0.3, -0.25) is 4.79 Å². The van der Waals surface area contributed by atoms with Gasteiger partial charge in [-0.1, -0.05) is 6.07 Å². The first-order chi connectivity index (χ1) is 10.2. The van der Waals surface area contributed by atoms with Gasteiger partial charge in [-0.05, 0) is 25.0 Å². The maximum absolute atomic E-state index is 13.8. The van der Waals surface area contributed by atoms with Crippen molar-refractivity contribution >= 4 is 11.6 Å². The fourth-order valence-corrected chi connectivity index (χ4v) is 2.50. The van der Waals surface area contributed by atoms with Crippen LogP contribution in [0.1, 0.15) is 18.4 Å². The third-order valence-corrected chi connectivity index (χ3v) is 3.77. The van der Waals surface area contributed by atoms with Gasteiger partial charge < -0.3 is 15.0 Å². The summed E-state index contributed by atoms with van der Waals surface area (Å²) in [6.07, 6.45) is 2.01. The van der Waals surface area contributed by atoms with Crippen molar-refractivity contribution in [1.82, 2.24) is 5.32 Å². The van der Waals surface area contributed by atoms with Crippen LogP contribution in [-0.4, -0.2) is 37.7 Å². The van der Waals surface area contributed by atoms with Gasteiger partial charge in [-0.2, -0.15) is 5.26 Å². The molecule has 5 nitrogen and oxygen atoms in total. The number of benzene rings is 1. The summed E-state index contributed by atoms with van der Waals surface area (Å²) in [5.74, 6) is -0.687. The topological polar surface area (TPSA) is 65.4 Å². The summed E-state index contributed by atoms with van der Waals surface area (Å²) in [4.78, 5) is 14.1. The van der Waals surface area contributed by atoms with Crippen LogP contribution in [0.15, 0.2) is 18.2 Å². The second-order valence-electron chi connectivity index (χ2n) is 5.31. The fraction of sp³-hybridized carbons (Fsp3) is 0.467. The minimum absolute atomic E-state index is 0.0244. The molecule has 1 aliphatic heterocycles. The first kappa shape index (κ1) is 13.8. The van der Waals surface area contributed by atoms with Crippen LogP contribution in [0.2, 0.25) is 0 Å². The van der Waals surface area contributed by atoms with Crippen LogP contribution in [0.25, 0.3) is 0 Å². The lowest BCUT2D eigenvalue weighted by atomic mass is 10.1. The Kier molecular flexibility index (Phi) is 3.76. The highest BCUT2D eigenvalue weighted by Crippen LogP contribution is 2.27. The number of nitrogens with one attached hydrogen (secondary N) is 1. The maximum Gasteiger partial charge on any atom is 0.245 e. The lowest BCUT2D eigenvalue weighted by Gasteiger charge is -2.36. The van der Waals surface area contributed by atoms with Gasteiger partial charge in [0.15, 0.2) is 0 Å². The Morgan fingerprint density at radius 1 is 1.48 bits per heavy atom. The molecule has 1 aromatic rings. The third-order valence-electron chi connectivity index (χ3n) is 3.77. The van der Waals surface area contributed by atoms with E-state index >= 15 is 0 Å². The highest BCUT2D eigenvalue weighted by atomic mass is 19.1. The van der Waals surface area contributed by atoms with Gasteiger partial charge in [0.1, 0.15) is 23.5 Å². The number of carbonyl (C=O) groups is 1. The van der Waals surface area contributed by atoms with E-state index in [1.165, 1.54) is 6.07 Å². The molecule has 1 aromatic carbocycles. The van der Waals surface area contributed by atoms with Gasteiger partial charge in [-0.15, -0.1) is 0 Å². The molecule has 0 spiro atoms. The van der Waals surface area contributed by atoms with Crippen molar-refractivity contribution < 1.29 is 13.9 Å². The number of nitriles is 1. The van der Waals surface area contributed by atoms with Crippen LogP contribution >= 0.6 is 0 Å². The Morgan fingerprint density at radius 3 is 3.00 bits per heavy atom. The van der Waals surface area contributed by atoms with Crippen molar-refractivity contribution in [3.05, 3.63) is 29.6 Å². The molecule has 21 heavy (non-hydrogen) atoms. The molecule has 1 N–H and O–H groups in total.